The Kier molecular flexibility index (Phi) is 7.63. The van der Waals surface area contributed by atoms with E-state index in [-0.39, 0.29) is 24.5 Å². The van der Waals surface area contributed by atoms with Gasteiger partial charge < -0.3 is 10.2 Å². The number of likely N-dealkylation sites (N-methyl/N-ethyl adjacent to an activating group) is 1. The van der Waals surface area contributed by atoms with Gasteiger partial charge in [-0.15, -0.1) is 0 Å². The molecule has 1 N–H and O–H groups in total. The summed E-state index contributed by atoms with van der Waals surface area (Å²) in [4.78, 5) is 29.7. The van der Waals surface area contributed by atoms with Gasteiger partial charge in [-0.25, -0.2) is 17.8 Å². The van der Waals surface area contributed by atoms with Gasteiger partial charge in [0.05, 0.1) is 17.0 Å². The molecule has 0 aliphatic rings. The second kappa shape index (κ2) is 9.77. The minimum absolute atomic E-state index is 0.183. The number of hydrogen-bond donors (Lipinski definition) is 1. The van der Waals surface area contributed by atoms with Gasteiger partial charge >= 0.3 is 0 Å². The van der Waals surface area contributed by atoms with Crippen LogP contribution in [0.4, 0.5) is 10.2 Å². The third-order valence-electron chi connectivity index (χ3n) is 4.42. The average molecular weight is 437 g/mol. The first-order valence-corrected chi connectivity index (χ1v) is 10.8. The van der Waals surface area contributed by atoms with Crippen molar-refractivity contribution in [3.8, 4) is 0 Å². The summed E-state index contributed by atoms with van der Waals surface area (Å²) in [5.74, 6) is -1.86. The first kappa shape index (κ1) is 23.4. The predicted molar refractivity (Wildman–Crippen MR) is 111 cm³/mol. The molecule has 0 bridgehead atoms. The topological polar surface area (TPSA) is 99.7 Å². The lowest BCUT2D eigenvalue weighted by Gasteiger charge is -2.20. The minimum atomic E-state index is -3.86. The van der Waals surface area contributed by atoms with Crippen molar-refractivity contribution >= 4 is 27.7 Å². The van der Waals surface area contributed by atoms with E-state index in [9.17, 15) is 22.4 Å². The Morgan fingerprint density at radius 1 is 1.13 bits per heavy atom. The van der Waals surface area contributed by atoms with Crippen LogP contribution in [0.25, 0.3) is 0 Å². The number of nitrogens with one attached hydrogen (secondary N) is 1. The van der Waals surface area contributed by atoms with Crippen molar-refractivity contribution in [3.05, 3.63) is 53.5 Å². The van der Waals surface area contributed by atoms with Crippen molar-refractivity contribution in [1.82, 2.24) is 14.2 Å². The van der Waals surface area contributed by atoms with Crippen LogP contribution in [0.3, 0.4) is 0 Å². The summed E-state index contributed by atoms with van der Waals surface area (Å²) in [5.41, 5.74) is 0.477. The molecule has 2 amide bonds. The summed E-state index contributed by atoms with van der Waals surface area (Å²) in [6.07, 6.45) is 1.54. The minimum Gasteiger partial charge on any atom is -0.332 e. The molecule has 0 aliphatic heterocycles. The fraction of sp³-hybridized carbons (Fsp3) is 0.350. The zero-order valence-corrected chi connectivity index (χ0v) is 18.2. The monoisotopic (exact) mass is 436 g/mol. The highest BCUT2D eigenvalue weighted by Gasteiger charge is 2.25. The molecular weight excluding hydrogens is 411 g/mol. The van der Waals surface area contributed by atoms with Crippen LogP contribution in [-0.2, 0) is 14.8 Å². The van der Waals surface area contributed by atoms with Gasteiger partial charge in [0.25, 0.3) is 5.91 Å². The molecule has 0 radical (unpaired) electrons. The molecule has 2 rings (SSSR count). The van der Waals surface area contributed by atoms with Crippen molar-refractivity contribution in [2.24, 2.45) is 0 Å². The molecule has 0 saturated heterocycles. The van der Waals surface area contributed by atoms with E-state index in [0.29, 0.717) is 5.82 Å². The van der Waals surface area contributed by atoms with E-state index in [1.54, 1.807) is 26.0 Å². The normalized spacial score (nSPS) is 11.4. The molecule has 1 heterocycles. The quantitative estimate of drug-likeness (QED) is 0.684. The van der Waals surface area contributed by atoms with E-state index in [1.165, 1.54) is 17.5 Å². The van der Waals surface area contributed by atoms with E-state index in [2.05, 4.69) is 10.3 Å². The summed E-state index contributed by atoms with van der Waals surface area (Å²) in [7, 11) is -2.53. The second-order valence-corrected chi connectivity index (χ2v) is 8.60. The van der Waals surface area contributed by atoms with E-state index in [0.717, 1.165) is 28.7 Å². The van der Waals surface area contributed by atoms with Crippen molar-refractivity contribution in [1.29, 1.82) is 0 Å². The van der Waals surface area contributed by atoms with Crippen LogP contribution < -0.4 is 5.32 Å². The number of benzene rings is 1. The fourth-order valence-corrected chi connectivity index (χ4v) is 4.31. The third-order valence-corrected chi connectivity index (χ3v) is 6.47. The number of anilines is 1. The maximum absolute atomic E-state index is 14.3. The molecule has 0 atom stereocenters. The van der Waals surface area contributed by atoms with Crippen molar-refractivity contribution in [2.45, 2.75) is 25.7 Å². The van der Waals surface area contributed by atoms with E-state index in [1.807, 2.05) is 6.92 Å². The zero-order chi connectivity index (χ0) is 22.5. The molecule has 2 aromatic rings. The van der Waals surface area contributed by atoms with Crippen LogP contribution in [0.2, 0.25) is 0 Å². The zero-order valence-electron chi connectivity index (χ0n) is 17.3. The molecule has 30 heavy (non-hydrogen) atoms. The summed E-state index contributed by atoms with van der Waals surface area (Å²) >= 11 is 0. The van der Waals surface area contributed by atoms with Gasteiger partial charge in [0.2, 0.25) is 15.9 Å². The highest BCUT2D eigenvalue weighted by Crippen LogP contribution is 2.20. The summed E-state index contributed by atoms with van der Waals surface area (Å²) in [6, 6.07) is 6.50. The first-order valence-electron chi connectivity index (χ1n) is 9.37. The van der Waals surface area contributed by atoms with Crippen molar-refractivity contribution in [2.75, 3.05) is 32.0 Å². The van der Waals surface area contributed by atoms with Crippen LogP contribution in [0.5, 0.6) is 0 Å². The number of nitrogens with zero attached hydrogens (tertiary/aromatic N) is 3. The van der Waals surface area contributed by atoms with Crippen LogP contribution in [0.1, 0.15) is 29.8 Å². The molecule has 0 aliphatic carbocycles. The van der Waals surface area contributed by atoms with Gasteiger partial charge in [-0.2, -0.15) is 4.31 Å². The molecule has 10 heteroatoms. The predicted octanol–water partition coefficient (Wildman–Crippen LogP) is 2.27. The number of sulfonamides is 1. The first-order chi connectivity index (χ1) is 14.1. The van der Waals surface area contributed by atoms with Gasteiger partial charge in [-0.05, 0) is 42.8 Å². The number of carbonyl (C=O) groups excluding carboxylic acids is 2. The number of hydrogen-bond acceptors (Lipinski definition) is 5. The van der Waals surface area contributed by atoms with Gasteiger partial charge in [0.1, 0.15) is 11.6 Å². The van der Waals surface area contributed by atoms with Gasteiger partial charge in [0, 0.05) is 26.3 Å². The maximum atomic E-state index is 14.3. The molecular formula is C20H25FN4O4S. The van der Waals surface area contributed by atoms with Crippen molar-refractivity contribution < 1.29 is 22.4 Å². The number of aromatic nitrogens is 1. The Balaban J connectivity index is 2.20. The second-order valence-electron chi connectivity index (χ2n) is 6.66. The van der Waals surface area contributed by atoms with E-state index >= 15 is 0 Å². The molecule has 1 aromatic carbocycles. The molecule has 0 unspecified atom stereocenters. The van der Waals surface area contributed by atoms with Gasteiger partial charge in [0.15, 0.2) is 0 Å². The smallest absolute Gasteiger partial charge is 0.257 e. The molecule has 1 aromatic heterocycles. The molecule has 0 fully saturated rings. The number of amides is 2. The van der Waals surface area contributed by atoms with Crippen LogP contribution in [0, 0.1) is 12.7 Å². The lowest BCUT2D eigenvalue weighted by molar-refractivity contribution is -0.116. The highest BCUT2D eigenvalue weighted by atomic mass is 32.2. The molecule has 8 nitrogen and oxygen atoms in total. The third kappa shape index (κ3) is 5.39. The number of carbonyl (C=O) groups is 2. The molecule has 0 spiro atoms. The fourth-order valence-electron chi connectivity index (χ4n) is 2.82. The van der Waals surface area contributed by atoms with Gasteiger partial charge in [-0.1, -0.05) is 13.8 Å². The number of aryl methyl sites for hydroxylation is 1. The molecule has 162 valence electrons. The standard InChI is InChI=1S/C20H25FN4O4S/c1-5-25(6-2)30(28,29)15-7-8-17(21)16(12-15)20(27)24(4)13-19(26)23-18-11-14(3)9-10-22-18/h7-12H,5-6,13H2,1-4H3,(H,22,23,26). The largest absolute Gasteiger partial charge is 0.332 e. The Bertz CT molecular complexity index is 1040. The van der Waals surface area contributed by atoms with E-state index < -0.39 is 33.2 Å². The lowest BCUT2D eigenvalue weighted by Crippen LogP contribution is -2.36. The lowest BCUT2D eigenvalue weighted by atomic mass is 10.2. The summed E-state index contributed by atoms with van der Waals surface area (Å²) in [5, 5.41) is 2.56. The Labute approximate surface area is 175 Å². The highest BCUT2D eigenvalue weighted by molar-refractivity contribution is 7.89. The van der Waals surface area contributed by atoms with Crippen molar-refractivity contribution in [3.63, 3.8) is 0 Å². The molecule has 0 saturated carbocycles. The Hall–Kier alpha value is -2.85. The number of halogens is 1. The van der Waals surface area contributed by atoms with Crippen LogP contribution in [-0.4, -0.2) is 61.1 Å². The van der Waals surface area contributed by atoms with Crippen LogP contribution in [0.15, 0.2) is 41.4 Å². The van der Waals surface area contributed by atoms with Crippen LogP contribution >= 0.6 is 0 Å². The number of pyridine rings is 1. The summed E-state index contributed by atoms with van der Waals surface area (Å²) in [6.45, 7) is 5.34. The SMILES string of the molecule is CCN(CC)S(=O)(=O)c1ccc(F)c(C(=O)N(C)CC(=O)Nc2cc(C)ccn2)c1. The summed E-state index contributed by atoms with van der Waals surface area (Å²) < 4.78 is 40.8. The Morgan fingerprint density at radius 3 is 2.40 bits per heavy atom. The maximum Gasteiger partial charge on any atom is 0.257 e. The Morgan fingerprint density at radius 2 is 1.80 bits per heavy atom. The van der Waals surface area contributed by atoms with Gasteiger partial charge in [-0.3, -0.25) is 9.59 Å². The van der Waals surface area contributed by atoms with E-state index in [4.69, 9.17) is 0 Å². The number of rotatable bonds is 8. The average Bonchev–Trinajstić information content (AvgIpc) is 2.68.